The summed E-state index contributed by atoms with van der Waals surface area (Å²) in [4.78, 5) is 0. The Hall–Kier alpha value is -1.56. The van der Waals surface area contributed by atoms with Crippen LogP contribution in [0.5, 0.6) is 0 Å². The van der Waals surface area contributed by atoms with Crippen LogP contribution in [-0.2, 0) is 6.54 Å². The van der Waals surface area contributed by atoms with E-state index in [0.717, 1.165) is 0 Å². The lowest BCUT2D eigenvalue weighted by atomic mass is 10.1. The first kappa shape index (κ1) is 11.9. The molecule has 0 bridgehead atoms. The Morgan fingerprint density at radius 1 is 1.35 bits per heavy atom. The third-order valence-corrected chi connectivity index (χ3v) is 2.40. The third kappa shape index (κ3) is 2.12. The minimum absolute atomic E-state index is 0.0183. The summed E-state index contributed by atoms with van der Waals surface area (Å²) in [6.45, 7) is 4.63. The Kier molecular flexibility index (Phi) is 2.61. The van der Waals surface area contributed by atoms with E-state index in [0.29, 0.717) is 0 Å². The maximum absolute atomic E-state index is 13.8. The highest BCUT2D eigenvalue weighted by Crippen LogP contribution is 2.22. The molecule has 0 aliphatic heterocycles. The maximum atomic E-state index is 13.8. The molecule has 1 heterocycles. The smallest absolute Gasteiger partial charge is 0.186 e. The minimum atomic E-state index is -1.07. The van der Waals surface area contributed by atoms with Gasteiger partial charge in [-0.2, -0.15) is 0 Å². The van der Waals surface area contributed by atoms with Crippen LogP contribution in [0.4, 0.5) is 8.78 Å². The van der Waals surface area contributed by atoms with E-state index < -0.39 is 17.2 Å². The summed E-state index contributed by atoms with van der Waals surface area (Å²) < 4.78 is 28.4. The highest BCUT2D eigenvalue weighted by Gasteiger charge is 2.21. The van der Waals surface area contributed by atoms with Crippen LogP contribution in [0.3, 0.4) is 0 Å². The van der Waals surface area contributed by atoms with Gasteiger partial charge < -0.3 is 5.11 Å². The van der Waals surface area contributed by atoms with E-state index in [1.807, 2.05) is 0 Å². The fourth-order valence-corrected chi connectivity index (χ4v) is 1.67. The number of nitrogens with zero attached hydrogens (tertiary/aromatic N) is 3. The van der Waals surface area contributed by atoms with Gasteiger partial charge in [0, 0.05) is 0 Å². The van der Waals surface area contributed by atoms with Crippen molar-refractivity contribution in [3.8, 4) is 0 Å². The standard InChI is InChI=1S/C11H13F2N3O/c1-6-4-7-10(9(13)8(6)12)16(15-14-7)5-11(2,3)17/h4,17H,5H2,1-3H3. The van der Waals surface area contributed by atoms with E-state index in [1.54, 1.807) is 13.8 Å². The van der Waals surface area contributed by atoms with Crippen molar-refractivity contribution in [2.24, 2.45) is 0 Å². The van der Waals surface area contributed by atoms with E-state index >= 15 is 0 Å². The highest BCUT2D eigenvalue weighted by molar-refractivity contribution is 5.76. The van der Waals surface area contributed by atoms with Crippen molar-refractivity contribution in [3.05, 3.63) is 23.3 Å². The molecule has 2 rings (SSSR count). The zero-order valence-corrected chi connectivity index (χ0v) is 9.83. The molecular weight excluding hydrogens is 228 g/mol. The molecule has 4 nitrogen and oxygen atoms in total. The van der Waals surface area contributed by atoms with Gasteiger partial charge in [-0.3, -0.25) is 0 Å². The molecule has 0 unspecified atom stereocenters. The Balaban J connectivity index is 2.64. The lowest BCUT2D eigenvalue weighted by molar-refractivity contribution is 0.0583. The van der Waals surface area contributed by atoms with Gasteiger partial charge in [0.2, 0.25) is 0 Å². The quantitative estimate of drug-likeness (QED) is 0.872. The molecule has 0 saturated carbocycles. The number of aliphatic hydroxyl groups is 1. The molecule has 0 aliphatic rings. The normalized spacial score (nSPS) is 12.4. The summed E-state index contributed by atoms with van der Waals surface area (Å²) in [5.74, 6) is -1.88. The summed E-state index contributed by atoms with van der Waals surface area (Å²) in [5, 5.41) is 17.1. The number of aryl methyl sites for hydroxylation is 1. The van der Waals surface area contributed by atoms with Crippen molar-refractivity contribution >= 4 is 11.0 Å². The number of fused-ring (bicyclic) bond motifs is 1. The lowest BCUT2D eigenvalue weighted by Crippen LogP contribution is -2.27. The average molecular weight is 241 g/mol. The number of benzene rings is 1. The van der Waals surface area contributed by atoms with E-state index in [-0.39, 0.29) is 23.1 Å². The maximum Gasteiger partial charge on any atom is 0.186 e. The van der Waals surface area contributed by atoms with E-state index in [1.165, 1.54) is 17.7 Å². The summed E-state index contributed by atoms with van der Waals surface area (Å²) in [5.41, 5.74) is -0.625. The molecule has 0 atom stereocenters. The minimum Gasteiger partial charge on any atom is -0.389 e. The van der Waals surface area contributed by atoms with Crippen LogP contribution in [-0.4, -0.2) is 25.7 Å². The summed E-state index contributed by atoms with van der Waals surface area (Å²) in [6.07, 6.45) is 0. The van der Waals surface area contributed by atoms with Gasteiger partial charge in [-0.15, -0.1) is 5.10 Å². The SMILES string of the molecule is Cc1cc2nnn(CC(C)(C)O)c2c(F)c1F. The van der Waals surface area contributed by atoms with Gasteiger partial charge in [-0.05, 0) is 32.4 Å². The van der Waals surface area contributed by atoms with Crippen LogP contribution < -0.4 is 0 Å². The molecule has 0 spiro atoms. The molecule has 0 amide bonds. The average Bonchev–Trinajstić information content (AvgIpc) is 2.55. The second-order valence-corrected chi connectivity index (χ2v) is 4.75. The first-order valence-corrected chi connectivity index (χ1v) is 5.20. The Morgan fingerprint density at radius 3 is 2.59 bits per heavy atom. The van der Waals surface area contributed by atoms with Gasteiger partial charge in [0.1, 0.15) is 11.0 Å². The second kappa shape index (κ2) is 3.73. The van der Waals surface area contributed by atoms with Crippen molar-refractivity contribution < 1.29 is 13.9 Å². The largest absolute Gasteiger partial charge is 0.389 e. The highest BCUT2D eigenvalue weighted by atomic mass is 19.2. The number of hydrogen-bond donors (Lipinski definition) is 1. The van der Waals surface area contributed by atoms with Crippen molar-refractivity contribution in [2.45, 2.75) is 32.9 Å². The molecule has 0 fully saturated rings. The predicted molar refractivity (Wildman–Crippen MR) is 58.5 cm³/mol. The van der Waals surface area contributed by atoms with Gasteiger partial charge in [0.05, 0.1) is 12.1 Å². The van der Waals surface area contributed by atoms with Gasteiger partial charge in [0.25, 0.3) is 0 Å². The summed E-state index contributed by atoms with van der Waals surface area (Å²) >= 11 is 0. The third-order valence-electron chi connectivity index (χ3n) is 2.40. The van der Waals surface area contributed by atoms with Crippen LogP contribution in [0, 0.1) is 18.6 Å². The fourth-order valence-electron chi connectivity index (χ4n) is 1.67. The van der Waals surface area contributed by atoms with Crippen LogP contribution in [0.15, 0.2) is 6.07 Å². The summed E-state index contributed by atoms with van der Waals surface area (Å²) in [6, 6.07) is 1.43. The molecule has 6 heteroatoms. The predicted octanol–water partition coefficient (Wildman–Crippen LogP) is 1.79. The van der Waals surface area contributed by atoms with E-state index in [4.69, 9.17) is 0 Å². The lowest BCUT2D eigenvalue weighted by Gasteiger charge is -2.16. The number of rotatable bonds is 2. The Morgan fingerprint density at radius 2 is 2.00 bits per heavy atom. The molecular formula is C11H13F2N3O. The topological polar surface area (TPSA) is 50.9 Å². The zero-order valence-electron chi connectivity index (χ0n) is 9.83. The van der Waals surface area contributed by atoms with Crippen molar-refractivity contribution in [1.82, 2.24) is 15.0 Å². The molecule has 1 N–H and O–H groups in total. The van der Waals surface area contributed by atoms with Crippen LogP contribution >= 0.6 is 0 Å². The molecule has 2 aromatic rings. The van der Waals surface area contributed by atoms with Crippen molar-refractivity contribution in [2.75, 3.05) is 0 Å². The molecule has 92 valence electrons. The van der Waals surface area contributed by atoms with E-state index in [9.17, 15) is 13.9 Å². The van der Waals surface area contributed by atoms with Crippen LogP contribution in [0.1, 0.15) is 19.4 Å². The number of halogens is 2. The molecule has 0 saturated heterocycles. The second-order valence-electron chi connectivity index (χ2n) is 4.75. The van der Waals surface area contributed by atoms with Crippen LogP contribution in [0.25, 0.3) is 11.0 Å². The molecule has 1 aromatic carbocycles. The Labute approximate surface area is 96.9 Å². The Bertz CT molecular complexity index is 572. The molecule has 0 aliphatic carbocycles. The van der Waals surface area contributed by atoms with Crippen LogP contribution in [0.2, 0.25) is 0 Å². The van der Waals surface area contributed by atoms with Crippen molar-refractivity contribution in [3.63, 3.8) is 0 Å². The first-order valence-electron chi connectivity index (χ1n) is 5.20. The molecule has 1 aromatic heterocycles. The fraction of sp³-hybridized carbons (Fsp3) is 0.455. The van der Waals surface area contributed by atoms with Gasteiger partial charge in [-0.25, -0.2) is 13.5 Å². The zero-order chi connectivity index (χ0) is 12.8. The van der Waals surface area contributed by atoms with E-state index in [2.05, 4.69) is 10.3 Å². The number of hydrogen-bond acceptors (Lipinski definition) is 3. The monoisotopic (exact) mass is 241 g/mol. The number of aromatic nitrogens is 3. The first-order chi connectivity index (χ1) is 7.79. The van der Waals surface area contributed by atoms with Gasteiger partial charge >= 0.3 is 0 Å². The molecule has 17 heavy (non-hydrogen) atoms. The van der Waals surface area contributed by atoms with Gasteiger partial charge in [-0.1, -0.05) is 5.21 Å². The van der Waals surface area contributed by atoms with Crippen molar-refractivity contribution in [1.29, 1.82) is 0 Å². The van der Waals surface area contributed by atoms with Gasteiger partial charge in [0.15, 0.2) is 11.6 Å². The summed E-state index contributed by atoms with van der Waals surface area (Å²) in [7, 11) is 0. The molecule has 0 radical (unpaired) electrons.